The van der Waals surface area contributed by atoms with Gasteiger partial charge in [0.15, 0.2) is 0 Å². The zero-order valence-electron chi connectivity index (χ0n) is 9.52. The number of hydrogen-bond acceptors (Lipinski definition) is 5. The molecule has 88 valence electrons. The summed E-state index contributed by atoms with van der Waals surface area (Å²) in [6, 6.07) is 1.47. The third-order valence-electron chi connectivity index (χ3n) is 1.80. The minimum absolute atomic E-state index is 0.254. The molecule has 1 rings (SSSR count). The van der Waals surface area contributed by atoms with Crippen LogP contribution in [0.2, 0.25) is 0 Å². The summed E-state index contributed by atoms with van der Waals surface area (Å²) in [6.45, 7) is 1.94. The summed E-state index contributed by atoms with van der Waals surface area (Å²) in [5.74, 6) is 3.61. The number of esters is 2. The smallest absolute Gasteiger partial charge is 0.384 e. The summed E-state index contributed by atoms with van der Waals surface area (Å²) in [5.41, 5.74) is 0.590. The van der Waals surface area contributed by atoms with E-state index >= 15 is 0 Å². The maximum absolute atomic E-state index is 11.4. The zero-order chi connectivity index (χ0) is 12.7. The van der Waals surface area contributed by atoms with E-state index in [-0.39, 0.29) is 12.2 Å². The Balaban J connectivity index is 2.98. The average molecular weight is 233 g/mol. The van der Waals surface area contributed by atoms with E-state index < -0.39 is 11.9 Å². The van der Waals surface area contributed by atoms with Gasteiger partial charge in [0.05, 0.1) is 24.8 Å². The van der Waals surface area contributed by atoms with Crippen molar-refractivity contribution in [3.05, 3.63) is 29.6 Å². The van der Waals surface area contributed by atoms with Crippen LogP contribution < -0.4 is 0 Å². The maximum Gasteiger partial charge on any atom is 0.384 e. The fraction of sp³-hybridized carbons (Fsp3) is 0.250. The molecule has 1 aromatic rings. The van der Waals surface area contributed by atoms with Crippen molar-refractivity contribution in [3.63, 3.8) is 0 Å². The number of nitrogens with zero attached hydrogens (tertiary/aromatic N) is 1. The number of pyridine rings is 1. The van der Waals surface area contributed by atoms with Gasteiger partial charge < -0.3 is 9.47 Å². The molecule has 0 saturated carbocycles. The normalized spacial score (nSPS) is 8.82. The molecule has 0 atom stereocenters. The van der Waals surface area contributed by atoms with Gasteiger partial charge in [-0.2, -0.15) is 0 Å². The fourth-order valence-corrected chi connectivity index (χ4v) is 1.07. The van der Waals surface area contributed by atoms with Crippen LogP contribution in [0, 0.1) is 11.8 Å². The van der Waals surface area contributed by atoms with Crippen LogP contribution in [0.25, 0.3) is 0 Å². The van der Waals surface area contributed by atoms with E-state index in [1.54, 1.807) is 6.92 Å². The van der Waals surface area contributed by atoms with Crippen molar-refractivity contribution in [3.8, 4) is 11.8 Å². The number of rotatable bonds is 2. The van der Waals surface area contributed by atoms with Gasteiger partial charge >= 0.3 is 11.9 Å². The summed E-state index contributed by atoms with van der Waals surface area (Å²) in [6.07, 6.45) is 2.83. The molecular weight excluding hydrogens is 222 g/mol. The van der Waals surface area contributed by atoms with Gasteiger partial charge in [0.1, 0.15) is 0 Å². The first-order valence-electron chi connectivity index (χ1n) is 4.90. The highest BCUT2D eigenvalue weighted by Crippen LogP contribution is 2.06. The minimum atomic E-state index is -0.646. The Morgan fingerprint density at radius 2 is 2.24 bits per heavy atom. The van der Waals surface area contributed by atoms with Crippen LogP contribution in [0.1, 0.15) is 22.8 Å². The molecule has 0 aliphatic carbocycles. The van der Waals surface area contributed by atoms with E-state index in [0.29, 0.717) is 5.56 Å². The Morgan fingerprint density at radius 3 is 2.88 bits per heavy atom. The lowest BCUT2D eigenvalue weighted by Crippen LogP contribution is -2.05. The lowest BCUT2D eigenvalue weighted by Gasteiger charge is -2.00. The van der Waals surface area contributed by atoms with Gasteiger partial charge in [0.2, 0.25) is 0 Å². The first-order chi connectivity index (χ1) is 8.19. The van der Waals surface area contributed by atoms with Crippen LogP contribution in [-0.4, -0.2) is 30.6 Å². The van der Waals surface area contributed by atoms with Crippen molar-refractivity contribution in [1.82, 2.24) is 4.98 Å². The molecule has 1 heterocycles. The number of methoxy groups -OCH3 is 1. The monoisotopic (exact) mass is 233 g/mol. The van der Waals surface area contributed by atoms with E-state index in [4.69, 9.17) is 0 Å². The molecule has 0 spiro atoms. The Hall–Kier alpha value is -2.35. The molecule has 0 saturated heterocycles. The first kappa shape index (κ1) is 12.7. The lowest BCUT2D eigenvalue weighted by atomic mass is 10.1. The number of aromatic nitrogens is 1. The van der Waals surface area contributed by atoms with Crippen LogP contribution in [0.3, 0.4) is 0 Å². The predicted octanol–water partition coefficient (Wildman–Crippen LogP) is 0.783. The van der Waals surface area contributed by atoms with Gasteiger partial charge in [-0.05, 0) is 13.0 Å². The fourth-order valence-electron chi connectivity index (χ4n) is 1.07. The van der Waals surface area contributed by atoms with Crippen LogP contribution in [0.5, 0.6) is 0 Å². The second kappa shape index (κ2) is 6.28. The van der Waals surface area contributed by atoms with Crippen molar-refractivity contribution in [1.29, 1.82) is 0 Å². The van der Waals surface area contributed by atoms with Crippen molar-refractivity contribution in [2.75, 3.05) is 13.7 Å². The molecule has 0 unspecified atom stereocenters. The second-order valence-electron chi connectivity index (χ2n) is 2.88. The van der Waals surface area contributed by atoms with Gasteiger partial charge in [-0.1, -0.05) is 5.92 Å². The molecule has 0 aromatic carbocycles. The third-order valence-corrected chi connectivity index (χ3v) is 1.80. The Labute approximate surface area is 98.8 Å². The van der Waals surface area contributed by atoms with E-state index in [0.717, 1.165) is 0 Å². The summed E-state index contributed by atoms with van der Waals surface area (Å²) in [7, 11) is 1.27. The van der Waals surface area contributed by atoms with Crippen molar-refractivity contribution in [2.45, 2.75) is 6.92 Å². The topological polar surface area (TPSA) is 65.5 Å². The van der Waals surface area contributed by atoms with Gasteiger partial charge in [0.25, 0.3) is 0 Å². The molecule has 0 radical (unpaired) electrons. The van der Waals surface area contributed by atoms with Gasteiger partial charge in [-0.3, -0.25) is 4.98 Å². The minimum Gasteiger partial charge on any atom is -0.465 e. The summed E-state index contributed by atoms with van der Waals surface area (Å²) in [4.78, 5) is 26.2. The highest BCUT2D eigenvalue weighted by Gasteiger charge is 2.09. The van der Waals surface area contributed by atoms with E-state index in [1.165, 1.54) is 25.6 Å². The van der Waals surface area contributed by atoms with Crippen LogP contribution in [-0.2, 0) is 14.3 Å². The van der Waals surface area contributed by atoms with Gasteiger partial charge in [-0.15, -0.1) is 0 Å². The summed E-state index contributed by atoms with van der Waals surface area (Å²) < 4.78 is 9.22. The number of hydrogen-bond donors (Lipinski definition) is 0. The summed E-state index contributed by atoms with van der Waals surface area (Å²) in [5, 5.41) is 0. The van der Waals surface area contributed by atoms with Gasteiger partial charge in [-0.25, -0.2) is 9.59 Å². The SMILES string of the molecule is CCOC(=O)C#Cc1cnccc1C(=O)OC. The van der Waals surface area contributed by atoms with Crippen LogP contribution >= 0.6 is 0 Å². The number of carbonyl (C=O) groups is 2. The molecule has 5 heteroatoms. The molecule has 0 bridgehead atoms. The van der Waals surface area contributed by atoms with Gasteiger partial charge in [0, 0.05) is 18.3 Å². The lowest BCUT2D eigenvalue weighted by molar-refractivity contribution is -0.136. The van der Waals surface area contributed by atoms with E-state index in [1.807, 2.05) is 0 Å². The van der Waals surface area contributed by atoms with Crippen molar-refractivity contribution in [2.24, 2.45) is 0 Å². The first-order valence-corrected chi connectivity index (χ1v) is 4.90. The molecular formula is C12H11NO4. The number of ether oxygens (including phenoxy) is 2. The molecule has 1 aromatic heterocycles. The molecule has 17 heavy (non-hydrogen) atoms. The molecule has 0 N–H and O–H groups in total. The Kier molecular flexibility index (Phi) is 4.70. The molecule has 0 fully saturated rings. The second-order valence-corrected chi connectivity index (χ2v) is 2.88. The highest BCUT2D eigenvalue weighted by molar-refractivity contribution is 5.94. The van der Waals surface area contributed by atoms with Crippen LogP contribution in [0.15, 0.2) is 18.5 Å². The Morgan fingerprint density at radius 1 is 1.47 bits per heavy atom. The van der Waals surface area contributed by atoms with Crippen molar-refractivity contribution >= 4 is 11.9 Å². The molecule has 0 aliphatic heterocycles. The Bertz CT molecular complexity index is 485. The highest BCUT2D eigenvalue weighted by atomic mass is 16.5. The quantitative estimate of drug-likeness (QED) is 0.558. The largest absolute Gasteiger partial charge is 0.465 e. The third kappa shape index (κ3) is 3.61. The molecule has 0 aliphatic rings. The zero-order valence-corrected chi connectivity index (χ0v) is 9.52. The molecule has 0 amide bonds. The maximum atomic E-state index is 11.4. The van der Waals surface area contributed by atoms with E-state index in [2.05, 4.69) is 26.3 Å². The number of carbonyl (C=O) groups excluding carboxylic acids is 2. The van der Waals surface area contributed by atoms with E-state index in [9.17, 15) is 9.59 Å². The predicted molar refractivity (Wildman–Crippen MR) is 59.1 cm³/mol. The molecule has 5 nitrogen and oxygen atoms in total. The average Bonchev–Trinajstić information content (AvgIpc) is 2.36. The summed E-state index contributed by atoms with van der Waals surface area (Å²) >= 11 is 0. The van der Waals surface area contributed by atoms with Crippen molar-refractivity contribution < 1.29 is 19.1 Å². The standard InChI is InChI=1S/C12H11NO4/c1-3-17-11(14)5-4-9-8-13-7-6-10(9)12(15)16-2/h6-8H,3H2,1-2H3. The van der Waals surface area contributed by atoms with Crippen LogP contribution in [0.4, 0.5) is 0 Å².